The summed E-state index contributed by atoms with van der Waals surface area (Å²) in [5.41, 5.74) is 0.837. The van der Waals surface area contributed by atoms with E-state index >= 15 is 0 Å². The molecular formula is C19H23N3O4S. The molecule has 0 radical (unpaired) electrons. The summed E-state index contributed by atoms with van der Waals surface area (Å²) in [7, 11) is -3.32. The third-order valence-electron chi connectivity index (χ3n) is 6.24. The molecular weight excluding hydrogens is 366 g/mol. The van der Waals surface area contributed by atoms with Crippen LogP contribution in [0, 0.1) is 5.41 Å². The first-order valence-electron chi connectivity index (χ1n) is 9.35. The minimum atomic E-state index is -3.32. The maximum absolute atomic E-state index is 12.9. The van der Waals surface area contributed by atoms with Crippen LogP contribution in [-0.4, -0.2) is 65.1 Å². The fraction of sp³-hybridized carbons (Fsp3) is 0.579. The maximum atomic E-state index is 12.9. The first-order valence-corrected chi connectivity index (χ1v) is 11.1. The highest BCUT2D eigenvalue weighted by molar-refractivity contribution is 7.92. The summed E-state index contributed by atoms with van der Waals surface area (Å²) < 4.78 is 33.7. The third kappa shape index (κ3) is 2.77. The molecule has 2 aromatic rings. The highest BCUT2D eigenvalue weighted by atomic mass is 32.2. The molecule has 1 atom stereocenters. The number of fused-ring (bicyclic) bond motifs is 1. The summed E-state index contributed by atoms with van der Waals surface area (Å²) in [5, 5.41) is -0.591. The van der Waals surface area contributed by atoms with Gasteiger partial charge in [-0.25, -0.2) is 13.4 Å². The fourth-order valence-corrected chi connectivity index (χ4v) is 6.10. The molecule has 2 aliphatic heterocycles. The van der Waals surface area contributed by atoms with Crippen molar-refractivity contribution in [3.05, 3.63) is 30.6 Å². The van der Waals surface area contributed by atoms with E-state index in [0.717, 1.165) is 23.9 Å². The van der Waals surface area contributed by atoms with Crippen molar-refractivity contribution in [3.8, 4) is 0 Å². The second-order valence-corrected chi connectivity index (χ2v) is 10.8. The minimum Gasteiger partial charge on any atom is -0.369 e. The van der Waals surface area contributed by atoms with Crippen molar-refractivity contribution in [1.82, 2.24) is 14.5 Å². The molecule has 7 nitrogen and oxygen atoms in total. The van der Waals surface area contributed by atoms with Crippen LogP contribution in [0.15, 0.2) is 30.6 Å². The Kier molecular flexibility index (Phi) is 3.53. The Morgan fingerprint density at radius 2 is 2.04 bits per heavy atom. The highest BCUT2D eigenvalue weighted by Crippen LogP contribution is 2.48. The Morgan fingerprint density at radius 3 is 2.74 bits per heavy atom. The van der Waals surface area contributed by atoms with E-state index in [9.17, 15) is 13.2 Å². The molecule has 0 bridgehead atoms. The SMILES string of the molecule is CC1(C(=O)N2CC3(C2)CS(=O)(=O)[C@@H](Cn2cnc4ccccc42)CO3)CC1. The number of hydrogen-bond donors (Lipinski definition) is 0. The Hall–Kier alpha value is -1.93. The van der Waals surface area contributed by atoms with E-state index in [1.807, 2.05) is 35.8 Å². The normalized spacial score (nSPS) is 27.4. The molecule has 144 valence electrons. The zero-order chi connectivity index (χ0) is 18.9. The van der Waals surface area contributed by atoms with E-state index in [-0.39, 0.29) is 23.7 Å². The summed E-state index contributed by atoms with van der Waals surface area (Å²) in [6, 6.07) is 7.68. The number of para-hydroxylation sites is 2. The number of benzene rings is 1. The molecule has 1 aromatic heterocycles. The van der Waals surface area contributed by atoms with Gasteiger partial charge in [-0.2, -0.15) is 0 Å². The van der Waals surface area contributed by atoms with Crippen molar-refractivity contribution in [1.29, 1.82) is 0 Å². The van der Waals surface area contributed by atoms with Crippen LogP contribution in [0.25, 0.3) is 11.0 Å². The molecule has 3 heterocycles. The van der Waals surface area contributed by atoms with Gasteiger partial charge in [0.25, 0.3) is 0 Å². The lowest BCUT2D eigenvalue weighted by Gasteiger charge is -2.52. The number of hydrogen-bond acceptors (Lipinski definition) is 5. The number of amides is 1. The number of ether oxygens (including phenoxy) is 1. The van der Waals surface area contributed by atoms with E-state index in [1.165, 1.54) is 0 Å². The molecule has 0 unspecified atom stereocenters. The average Bonchev–Trinajstić information content (AvgIpc) is 3.23. The van der Waals surface area contributed by atoms with Crippen LogP contribution in [0.1, 0.15) is 19.8 Å². The number of sulfone groups is 1. The lowest BCUT2D eigenvalue weighted by molar-refractivity contribution is -0.169. The van der Waals surface area contributed by atoms with Crippen LogP contribution in [-0.2, 0) is 25.9 Å². The predicted octanol–water partition coefficient (Wildman–Crippen LogP) is 1.23. The molecule has 3 aliphatic rings. The van der Waals surface area contributed by atoms with E-state index in [4.69, 9.17) is 4.74 Å². The third-order valence-corrected chi connectivity index (χ3v) is 8.47. The fourth-order valence-electron chi connectivity index (χ4n) is 4.20. The van der Waals surface area contributed by atoms with Crippen LogP contribution in [0.3, 0.4) is 0 Å². The van der Waals surface area contributed by atoms with Gasteiger partial charge in [0.2, 0.25) is 5.91 Å². The minimum absolute atomic E-state index is 0.0161. The van der Waals surface area contributed by atoms with Crippen LogP contribution in [0.5, 0.6) is 0 Å². The molecule has 1 amide bonds. The lowest BCUT2D eigenvalue weighted by Crippen LogP contribution is -2.71. The number of rotatable bonds is 3. The van der Waals surface area contributed by atoms with Crippen molar-refractivity contribution in [2.45, 2.75) is 37.2 Å². The van der Waals surface area contributed by atoms with Gasteiger partial charge >= 0.3 is 0 Å². The average molecular weight is 389 g/mol. The van der Waals surface area contributed by atoms with Crippen LogP contribution in [0.2, 0.25) is 0 Å². The van der Waals surface area contributed by atoms with E-state index in [2.05, 4.69) is 4.98 Å². The number of nitrogens with zero attached hydrogens (tertiary/aromatic N) is 3. The molecule has 1 spiro atoms. The zero-order valence-electron chi connectivity index (χ0n) is 15.3. The molecule has 0 N–H and O–H groups in total. The monoisotopic (exact) mass is 389 g/mol. The molecule has 8 heteroatoms. The summed E-state index contributed by atoms with van der Waals surface area (Å²) in [6.45, 7) is 3.25. The molecule has 27 heavy (non-hydrogen) atoms. The molecule has 2 saturated heterocycles. The number of likely N-dealkylation sites (tertiary alicyclic amines) is 1. The van der Waals surface area contributed by atoms with Gasteiger partial charge in [0.15, 0.2) is 9.84 Å². The van der Waals surface area contributed by atoms with Crippen LogP contribution in [0.4, 0.5) is 0 Å². The Labute approximate surface area is 158 Å². The zero-order valence-corrected chi connectivity index (χ0v) is 16.1. The van der Waals surface area contributed by atoms with Gasteiger partial charge in [0.1, 0.15) is 10.9 Å². The van der Waals surface area contributed by atoms with Crippen molar-refractivity contribution in [2.75, 3.05) is 25.4 Å². The smallest absolute Gasteiger partial charge is 0.228 e. The van der Waals surface area contributed by atoms with Gasteiger partial charge in [-0.1, -0.05) is 19.1 Å². The number of aromatic nitrogens is 2. The van der Waals surface area contributed by atoms with E-state index in [0.29, 0.717) is 19.6 Å². The lowest BCUT2D eigenvalue weighted by atomic mass is 9.93. The number of imidazole rings is 1. The van der Waals surface area contributed by atoms with Crippen LogP contribution < -0.4 is 0 Å². The van der Waals surface area contributed by atoms with Gasteiger partial charge < -0.3 is 14.2 Å². The topological polar surface area (TPSA) is 81.5 Å². The highest BCUT2D eigenvalue weighted by Gasteiger charge is 2.57. The Bertz CT molecular complexity index is 1020. The maximum Gasteiger partial charge on any atom is 0.228 e. The number of carbonyl (C=O) groups excluding carboxylic acids is 1. The first kappa shape index (κ1) is 17.2. The second-order valence-electron chi connectivity index (χ2n) is 8.53. The van der Waals surface area contributed by atoms with E-state index in [1.54, 1.807) is 11.2 Å². The first-order chi connectivity index (χ1) is 12.8. The number of carbonyl (C=O) groups is 1. The predicted molar refractivity (Wildman–Crippen MR) is 99.9 cm³/mol. The molecule has 1 aromatic carbocycles. The summed E-state index contributed by atoms with van der Waals surface area (Å²) in [6.07, 6.45) is 3.54. The Balaban J connectivity index is 1.28. The largest absolute Gasteiger partial charge is 0.369 e. The standard InChI is InChI=1S/C19H23N3O4S/c1-18(6-7-18)17(23)22-10-19(11-22)12-27(24,25)14(9-26-19)8-21-13-20-15-4-2-3-5-16(15)21/h2-5,13-14H,6-12H2,1H3/t14-/m0/s1. The molecule has 3 fully saturated rings. The molecule has 5 rings (SSSR count). The van der Waals surface area contributed by atoms with Crippen molar-refractivity contribution in [2.24, 2.45) is 5.41 Å². The van der Waals surface area contributed by atoms with Gasteiger partial charge in [0.05, 0.1) is 42.8 Å². The van der Waals surface area contributed by atoms with E-state index < -0.39 is 20.7 Å². The van der Waals surface area contributed by atoms with Gasteiger partial charge in [-0.05, 0) is 25.0 Å². The van der Waals surface area contributed by atoms with Gasteiger partial charge in [-0.15, -0.1) is 0 Å². The van der Waals surface area contributed by atoms with Gasteiger partial charge in [0, 0.05) is 12.0 Å². The molecule has 1 saturated carbocycles. The van der Waals surface area contributed by atoms with Gasteiger partial charge in [-0.3, -0.25) is 4.79 Å². The molecule has 1 aliphatic carbocycles. The summed E-state index contributed by atoms with van der Waals surface area (Å²) in [5.74, 6) is 0.124. The summed E-state index contributed by atoms with van der Waals surface area (Å²) in [4.78, 5) is 18.5. The van der Waals surface area contributed by atoms with Crippen LogP contribution >= 0.6 is 0 Å². The van der Waals surface area contributed by atoms with Crippen molar-refractivity contribution >= 4 is 26.8 Å². The summed E-state index contributed by atoms with van der Waals surface area (Å²) >= 11 is 0. The van der Waals surface area contributed by atoms with Crippen molar-refractivity contribution in [3.63, 3.8) is 0 Å². The Morgan fingerprint density at radius 1 is 1.30 bits per heavy atom. The second kappa shape index (κ2) is 5.54. The van der Waals surface area contributed by atoms with Crippen molar-refractivity contribution < 1.29 is 17.9 Å². The quantitative estimate of drug-likeness (QED) is 0.789.